The van der Waals surface area contributed by atoms with E-state index in [1.54, 1.807) is 11.3 Å². The normalized spacial score (nSPS) is 12.1. The Labute approximate surface area is 133 Å². The summed E-state index contributed by atoms with van der Waals surface area (Å²) in [7, 11) is -1.05. The molecule has 6 heteroatoms. The summed E-state index contributed by atoms with van der Waals surface area (Å²) >= 11 is 4.88. The molecule has 1 atom stereocenters. The Morgan fingerprint density at radius 3 is 2.65 bits per heavy atom. The zero-order valence-electron chi connectivity index (χ0n) is 10.7. The molecule has 3 nitrogen and oxygen atoms in total. The van der Waals surface area contributed by atoms with Gasteiger partial charge in [0.25, 0.3) is 0 Å². The van der Waals surface area contributed by atoms with Gasteiger partial charge in [-0.15, -0.1) is 0 Å². The number of hydrogen-bond donors (Lipinski definition) is 1. The van der Waals surface area contributed by atoms with Crippen LogP contribution in [0.2, 0.25) is 0 Å². The largest absolute Gasteiger partial charge is 0.325 e. The smallest absolute Gasteiger partial charge is 0.224 e. The predicted molar refractivity (Wildman–Crippen MR) is 87.6 cm³/mol. The first kappa shape index (κ1) is 15.4. The van der Waals surface area contributed by atoms with Gasteiger partial charge in [0.05, 0.1) is 16.5 Å². The topological polar surface area (TPSA) is 46.2 Å². The van der Waals surface area contributed by atoms with Crippen molar-refractivity contribution in [2.75, 3.05) is 11.1 Å². The lowest BCUT2D eigenvalue weighted by atomic mass is 10.3. The summed E-state index contributed by atoms with van der Waals surface area (Å²) in [5, 5.41) is 6.61. The Hall–Kier alpha value is -0.980. The van der Waals surface area contributed by atoms with E-state index in [1.807, 2.05) is 41.1 Å². The van der Waals surface area contributed by atoms with Gasteiger partial charge in [0.1, 0.15) is 0 Å². The van der Waals surface area contributed by atoms with Gasteiger partial charge < -0.3 is 5.32 Å². The molecule has 0 spiro atoms. The van der Waals surface area contributed by atoms with Gasteiger partial charge in [0, 0.05) is 26.9 Å². The van der Waals surface area contributed by atoms with Crippen molar-refractivity contribution in [3.8, 4) is 0 Å². The fraction of sp³-hybridized carbons (Fsp3) is 0.214. The molecule has 1 aromatic heterocycles. The van der Waals surface area contributed by atoms with Crippen molar-refractivity contribution in [3.63, 3.8) is 0 Å². The number of nitrogens with one attached hydrogen (secondary N) is 1. The van der Waals surface area contributed by atoms with Crippen molar-refractivity contribution in [2.24, 2.45) is 0 Å². The van der Waals surface area contributed by atoms with Gasteiger partial charge in [-0.25, -0.2) is 0 Å². The van der Waals surface area contributed by atoms with Crippen LogP contribution in [0.15, 0.2) is 50.5 Å². The number of benzene rings is 1. The Balaban J connectivity index is 1.74. The minimum absolute atomic E-state index is 0.0313. The third-order valence-electron chi connectivity index (χ3n) is 2.62. The van der Waals surface area contributed by atoms with E-state index >= 15 is 0 Å². The van der Waals surface area contributed by atoms with Crippen LogP contribution in [0, 0.1) is 0 Å². The first-order valence-electron chi connectivity index (χ1n) is 6.11. The second-order valence-electron chi connectivity index (χ2n) is 4.17. The van der Waals surface area contributed by atoms with E-state index < -0.39 is 10.8 Å². The fourth-order valence-electron chi connectivity index (χ4n) is 1.63. The molecule has 0 radical (unpaired) electrons. The van der Waals surface area contributed by atoms with E-state index in [9.17, 15) is 9.00 Å². The van der Waals surface area contributed by atoms with Crippen molar-refractivity contribution in [1.82, 2.24) is 0 Å². The molecule has 0 fully saturated rings. The van der Waals surface area contributed by atoms with Crippen molar-refractivity contribution in [1.29, 1.82) is 0 Å². The van der Waals surface area contributed by atoms with Crippen molar-refractivity contribution in [3.05, 3.63) is 45.6 Å². The minimum Gasteiger partial charge on any atom is -0.325 e. The van der Waals surface area contributed by atoms with Crippen LogP contribution in [0.4, 0.5) is 5.69 Å². The average Bonchev–Trinajstić information content (AvgIpc) is 2.92. The number of anilines is 1. The van der Waals surface area contributed by atoms with Crippen molar-refractivity contribution in [2.45, 2.75) is 17.7 Å². The quantitative estimate of drug-likeness (QED) is 0.832. The molecular weight excluding hydrogens is 358 g/mol. The Morgan fingerprint density at radius 2 is 2.00 bits per heavy atom. The molecule has 0 aliphatic rings. The molecule has 0 saturated carbocycles. The van der Waals surface area contributed by atoms with Crippen LogP contribution < -0.4 is 5.32 Å². The lowest BCUT2D eigenvalue weighted by Crippen LogP contribution is -2.12. The average molecular weight is 372 g/mol. The standard InChI is InChI=1S/C14H14BrNO2S2/c15-11-3-5-13(6-4-11)20(18)9-1-2-14(17)16-12-7-8-19-10-12/h3-8,10H,1-2,9H2,(H,16,17)/t20-/m0/s1. The highest BCUT2D eigenvalue weighted by molar-refractivity contribution is 9.10. The SMILES string of the molecule is O=C(CCC[S@](=O)c1ccc(Br)cc1)Nc1ccsc1. The molecule has 0 bridgehead atoms. The lowest BCUT2D eigenvalue weighted by Gasteiger charge is -2.04. The number of rotatable bonds is 6. The molecule has 106 valence electrons. The van der Waals surface area contributed by atoms with E-state index in [-0.39, 0.29) is 5.91 Å². The minimum atomic E-state index is -1.05. The zero-order valence-corrected chi connectivity index (χ0v) is 13.9. The molecule has 0 aliphatic heterocycles. The summed E-state index contributed by atoms with van der Waals surface area (Å²) in [6.45, 7) is 0. The molecule has 1 aromatic carbocycles. The second kappa shape index (κ2) is 7.71. The number of thiophene rings is 1. The fourth-order valence-corrected chi connectivity index (χ4v) is 3.56. The van der Waals surface area contributed by atoms with Crippen LogP contribution in [-0.4, -0.2) is 15.9 Å². The van der Waals surface area contributed by atoms with Gasteiger partial charge in [0.15, 0.2) is 0 Å². The maximum absolute atomic E-state index is 12.0. The van der Waals surface area contributed by atoms with Crippen molar-refractivity contribution < 1.29 is 9.00 Å². The van der Waals surface area contributed by atoms with Crippen molar-refractivity contribution >= 4 is 49.7 Å². The number of amides is 1. The molecule has 20 heavy (non-hydrogen) atoms. The molecule has 0 aliphatic carbocycles. The van der Waals surface area contributed by atoms with Crippen LogP contribution >= 0.6 is 27.3 Å². The molecule has 1 amide bonds. The number of hydrogen-bond acceptors (Lipinski definition) is 3. The molecule has 0 saturated heterocycles. The summed E-state index contributed by atoms with van der Waals surface area (Å²) in [4.78, 5) is 12.5. The second-order valence-corrected chi connectivity index (χ2v) is 7.43. The first-order chi connectivity index (χ1) is 9.65. The van der Waals surface area contributed by atoms with Gasteiger partial charge in [-0.1, -0.05) is 15.9 Å². The van der Waals surface area contributed by atoms with E-state index in [2.05, 4.69) is 21.2 Å². The van der Waals surface area contributed by atoms with E-state index in [4.69, 9.17) is 0 Å². The maximum Gasteiger partial charge on any atom is 0.224 e. The van der Waals surface area contributed by atoms with Gasteiger partial charge in [-0.3, -0.25) is 9.00 Å². The van der Waals surface area contributed by atoms with E-state index in [0.29, 0.717) is 18.6 Å². The molecule has 0 unspecified atom stereocenters. The first-order valence-corrected chi connectivity index (χ1v) is 9.16. The summed E-state index contributed by atoms with van der Waals surface area (Å²) in [6.07, 6.45) is 0.997. The molecule has 2 aromatic rings. The lowest BCUT2D eigenvalue weighted by molar-refractivity contribution is -0.116. The third kappa shape index (κ3) is 4.85. The summed E-state index contributed by atoms with van der Waals surface area (Å²) < 4.78 is 13.0. The number of carbonyl (C=O) groups is 1. The number of carbonyl (C=O) groups excluding carboxylic acids is 1. The highest BCUT2D eigenvalue weighted by Gasteiger charge is 2.07. The molecule has 1 N–H and O–H groups in total. The van der Waals surface area contributed by atoms with Gasteiger partial charge >= 0.3 is 0 Å². The molecular formula is C14H14BrNO2S2. The highest BCUT2D eigenvalue weighted by Crippen LogP contribution is 2.15. The predicted octanol–water partition coefficient (Wildman–Crippen LogP) is 4.04. The Kier molecular flexibility index (Phi) is 5.94. The van der Waals surface area contributed by atoms with E-state index in [1.165, 1.54) is 0 Å². The van der Waals surface area contributed by atoms with Crippen LogP contribution in [-0.2, 0) is 15.6 Å². The molecule has 1 heterocycles. The van der Waals surface area contributed by atoms with Crippen LogP contribution in [0.25, 0.3) is 0 Å². The van der Waals surface area contributed by atoms with Crippen LogP contribution in [0.1, 0.15) is 12.8 Å². The third-order valence-corrected chi connectivity index (χ3v) is 5.28. The highest BCUT2D eigenvalue weighted by atomic mass is 79.9. The van der Waals surface area contributed by atoms with Crippen LogP contribution in [0.5, 0.6) is 0 Å². The van der Waals surface area contributed by atoms with Gasteiger partial charge in [0.2, 0.25) is 5.91 Å². The summed E-state index contributed by atoms with van der Waals surface area (Å²) in [6, 6.07) is 9.28. The Morgan fingerprint density at radius 1 is 1.25 bits per heavy atom. The van der Waals surface area contributed by atoms with Gasteiger partial charge in [-0.05, 0) is 42.1 Å². The van der Waals surface area contributed by atoms with Gasteiger partial charge in [-0.2, -0.15) is 11.3 Å². The summed E-state index contributed by atoms with van der Waals surface area (Å²) in [5.74, 6) is 0.467. The zero-order chi connectivity index (χ0) is 14.4. The molecule has 2 rings (SSSR count). The Bertz CT molecular complexity index is 582. The monoisotopic (exact) mass is 371 g/mol. The number of halogens is 1. The summed E-state index contributed by atoms with van der Waals surface area (Å²) in [5.41, 5.74) is 0.828. The van der Waals surface area contributed by atoms with E-state index in [0.717, 1.165) is 15.1 Å². The van der Waals surface area contributed by atoms with Crippen LogP contribution in [0.3, 0.4) is 0 Å². The maximum atomic E-state index is 12.0.